The molecule has 3 heteroatoms. The number of nitrogens with zero attached hydrogens (tertiary/aromatic N) is 1. The summed E-state index contributed by atoms with van der Waals surface area (Å²) in [5.41, 5.74) is 1.16. The van der Waals surface area contributed by atoms with Crippen LogP contribution in [0.1, 0.15) is 33.4 Å². The molecule has 0 spiro atoms. The van der Waals surface area contributed by atoms with E-state index in [9.17, 15) is 0 Å². The molecule has 0 aliphatic heterocycles. The van der Waals surface area contributed by atoms with Crippen molar-refractivity contribution in [2.24, 2.45) is 5.92 Å². The summed E-state index contributed by atoms with van der Waals surface area (Å²) in [6.45, 7) is 14.5. The SMILES string of the molecule is C[C@@H](CO[Si](C)(C)C(C)(C)C)Cc1ccccn1. The minimum Gasteiger partial charge on any atom is -0.417 e. The van der Waals surface area contributed by atoms with Crippen molar-refractivity contribution in [1.82, 2.24) is 4.98 Å². The van der Waals surface area contributed by atoms with Gasteiger partial charge in [-0.05, 0) is 42.6 Å². The van der Waals surface area contributed by atoms with Crippen LogP contribution in [0.25, 0.3) is 0 Å². The molecule has 0 fully saturated rings. The van der Waals surface area contributed by atoms with Crippen LogP contribution >= 0.6 is 0 Å². The second kappa shape index (κ2) is 5.98. The Morgan fingerprint density at radius 2 is 1.94 bits per heavy atom. The Morgan fingerprint density at radius 3 is 2.44 bits per heavy atom. The Hall–Kier alpha value is -0.673. The lowest BCUT2D eigenvalue weighted by atomic mass is 10.1. The van der Waals surface area contributed by atoms with Crippen LogP contribution in [0.5, 0.6) is 0 Å². The molecule has 1 heterocycles. The molecular weight excluding hydrogens is 238 g/mol. The van der Waals surface area contributed by atoms with Gasteiger partial charge in [0.25, 0.3) is 0 Å². The molecule has 1 aromatic rings. The lowest BCUT2D eigenvalue weighted by Crippen LogP contribution is -2.41. The molecule has 0 bridgehead atoms. The molecule has 0 saturated heterocycles. The minimum atomic E-state index is -1.61. The molecule has 0 aromatic carbocycles. The van der Waals surface area contributed by atoms with Crippen molar-refractivity contribution < 1.29 is 4.43 Å². The van der Waals surface area contributed by atoms with E-state index in [1.165, 1.54) is 0 Å². The zero-order chi connectivity index (χ0) is 13.8. The van der Waals surface area contributed by atoms with E-state index in [0.717, 1.165) is 18.7 Å². The Labute approximate surface area is 113 Å². The van der Waals surface area contributed by atoms with Crippen molar-refractivity contribution in [2.45, 2.75) is 52.2 Å². The Bertz CT molecular complexity index is 357. The van der Waals surface area contributed by atoms with Crippen molar-refractivity contribution in [3.05, 3.63) is 30.1 Å². The monoisotopic (exact) mass is 265 g/mol. The summed E-state index contributed by atoms with van der Waals surface area (Å²) < 4.78 is 6.24. The first-order valence-corrected chi connectivity index (χ1v) is 9.67. The van der Waals surface area contributed by atoms with E-state index in [1.807, 2.05) is 18.3 Å². The van der Waals surface area contributed by atoms with E-state index in [4.69, 9.17) is 4.43 Å². The maximum absolute atomic E-state index is 6.24. The average molecular weight is 265 g/mol. The summed E-state index contributed by atoms with van der Waals surface area (Å²) >= 11 is 0. The van der Waals surface area contributed by atoms with E-state index in [1.54, 1.807) is 0 Å². The minimum absolute atomic E-state index is 0.289. The van der Waals surface area contributed by atoms with Crippen molar-refractivity contribution in [1.29, 1.82) is 0 Å². The van der Waals surface area contributed by atoms with E-state index in [0.29, 0.717) is 5.92 Å². The Balaban J connectivity index is 2.45. The van der Waals surface area contributed by atoms with Crippen LogP contribution in [0.15, 0.2) is 24.4 Å². The second-order valence-corrected chi connectivity index (χ2v) is 11.5. The van der Waals surface area contributed by atoms with E-state index >= 15 is 0 Å². The molecule has 0 radical (unpaired) electrons. The predicted octanol–water partition coefficient (Wildman–Crippen LogP) is 4.28. The second-order valence-electron chi connectivity index (χ2n) is 6.70. The van der Waals surface area contributed by atoms with Gasteiger partial charge in [-0.2, -0.15) is 0 Å². The molecule has 0 amide bonds. The lowest BCUT2D eigenvalue weighted by molar-refractivity contribution is 0.236. The Morgan fingerprint density at radius 1 is 1.28 bits per heavy atom. The van der Waals surface area contributed by atoms with Gasteiger partial charge in [0, 0.05) is 18.5 Å². The van der Waals surface area contributed by atoms with Crippen LogP contribution in [0.3, 0.4) is 0 Å². The highest BCUT2D eigenvalue weighted by molar-refractivity contribution is 6.74. The molecule has 102 valence electrons. The summed E-state index contributed by atoms with van der Waals surface area (Å²) in [5.74, 6) is 0.522. The third-order valence-corrected chi connectivity index (χ3v) is 8.32. The fourth-order valence-corrected chi connectivity index (χ4v) is 2.64. The van der Waals surface area contributed by atoms with Crippen LogP contribution in [-0.2, 0) is 10.8 Å². The zero-order valence-corrected chi connectivity index (χ0v) is 13.7. The molecule has 0 aliphatic rings. The number of rotatable bonds is 5. The molecular formula is C15H27NOSi. The van der Waals surface area contributed by atoms with Crippen LogP contribution < -0.4 is 0 Å². The molecule has 1 rings (SSSR count). The average Bonchev–Trinajstić information content (AvgIpc) is 2.26. The van der Waals surface area contributed by atoms with Crippen molar-refractivity contribution in [3.8, 4) is 0 Å². The van der Waals surface area contributed by atoms with Gasteiger partial charge in [-0.1, -0.05) is 33.8 Å². The van der Waals surface area contributed by atoms with Crippen LogP contribution in [0, 0.1) is 5.92 Å². The molecule has 2 nitrogen and oxygen atoms in total. The van der Waals surface area contributed by atoms with Gasteiger partial charge in [0.2, 0.25) is 0 Å². The molecule has 1 aromatic heterocycles. The smallest absolute Gasteiger partial charge is 0.191 e. The van der Waals surface area contributed by atoms with E-state index < -0.39 is 8.32 Å². The standard InChI is InChI=1S/C15H27NOSi/c1-13(11-14-9-7-8-10-16-14)12-17-18(5,6)15(2,3)4/h7-10,13H,11-12H2,1-6H3/t13-/m1/s1. The van der Waals surface area contributed by atoms with Gasteiger partial charge in [0.05, 0.1) is 0 Å². The molecule has 0 saturated carbocycles. The van der Waals surface area contributed by atoms with Gasteiger partial charge in [-0.3, -0.25) is 4.98 Å². The van der Waals surface area contributed by atoms with Gasteiger partial charge < -0.3 is 4.43 Å². The van der Waals surface area contributed by atoms with Gasteiger partial charge in [0.15, 0.2) is 8.32 Å². The molecule has 1 atom stereocenters. The Kier molecular flexibility index (Phi) is 5.11. The van der Waals surface area contributed by atoms with Crippen molar-refractivity contribution in [3.63, 3.8) is 0 Å². The summed E-state index contributed by atoms with van der Waals surface area (Å²) in [7, 11) is -1.61. The summed E-state index contributed by atoms with van der Waals surface area (Å²) in [6, 6.07) is 6.09. The highest BCUT2D eigenvalue weighted by atomic mass is 28.4. The molecule has 0 aliphatic carbocycles. The van der Waals surface area contributed by atoms with E-state index in [-0.39, 0.29) is 5.04 Å². The predicted molar refractivity (Wildman–Crippen MR) is 80.3 cm³/mol. The van der Waals surface area contributed by atoms with Crippen molar-refractivity contribution in [2.75, 3.05) is 6.61 Å². The van der Waals surface area contributed by atoms with Gasteiger partial charge in [-0.25, -0.2) is 0 Å². The van der Waals surface area contributed by atoms with Gasteiger partial charge in [0.1, 0.15) is 0 Å². The van der Waals surface area contributed by atoms with Crippen LogP contribution in [0.2, 0.25) is 18.1 Å². The van der Waals surface area contributed by atoms with Crippen LogP contribution in [0.4, 0.5) is 0 Å². The number of hydrogen-bond donors (Lipinski definition) is 0. The maximum atomic E-state index is 6.24. The number of aromatic nitrogens is 1. The topological polar surface area (TPSA) is 22.1 Å². The number of hydrogen-bond acceptors (Lipinski definition) is 2. The zero-order valence-electron chi connectivity index (χ0n) is 12.7. The highest BCUT2D eigenvalue weighted by Crippen LogP contribution is 2.36. The normalized spacial score (nSPS) is 14.6. The largest absolute Gasteiger partial charge is 0.417 e. The number of pyridine rings is 1. The molecule has 0 N–H and O–H groups in total. The van der Waals surface area contributed by atoms with Gasteiger partial charge in [-0.15, -0.1) is 0 Å². The van der Waals surface area contributed by atoms with Crippen LogP contribution in [-0.4, -0.2) is 19.9 Å². The third kappa shape index (κ3) is 4.54. The van der Waals surface area contributed by atoms with E-state index in [2.05, 4.69) is 51.8 Å². The summed E-state index contributed by atoms with van der Waals surface area (Å²) in [5, 5.41) is 0.289. The third-order valence-electron chi connectivity index (χ3n) is 3.82. The van der Waals surface area contributed by atoms with Gasteiger partial charge >= 0.3 is 0 Å². The first-order chi connectivity index (χ1) is 8.22. The lowest BCUT2D eigenvalue weighted by Gasteiger charge is -2.37. The summed E-state index contributed by atoms with van der Waals surface area (Å²) in [6.07, 6.45) is 2.85. The first-order valence-electron chi connectivity index (χ1n) is 6.76. The van der Waals surface area contributed by atoms with Crippen molar-refractivity contribution >= 4 is 8.32 Å². The maximum Gasteiger partial charge on any atom is 0.191 e. The quantitative estimate of drug-likeness (QED) is 0.741. The summed E-state index contributed by atoms with van der Waals surface area (Å²) in [4.78, 5) is 4.37. The fraction of sp³-hybridized carbons (Fsp3) is 0.667. The first kappa shape index (κ1) is 15.4. The highest BCUT2D eigenvalue weighted by Gasteiger charge is 2.37. The molecule has 18 heavy (non-hydrogen) atoms. The fourth-order valence-electron chi connectivity index (χ4n) is 1.50. The molecule has 0 unspecified atom stereocenters.